The first-order valence-electron chi connectivity index (χ1n) is 8.69. The number of fused-ring (bicyclic) bond motifs is 1. The number of allylic oxidation sites excluding steroid dienone is 2. The van der Waals surface area contributed by atoms with Crippen molar-refractivity contribution in [3.63, 3.8) is 0 Å². The Balaban J connectivity index is 1.60. The van der Waals surface area contributed by atoms with Gasteiger partial charge in [-0.1, -0.05) is 38.5 Å². The molecule has 21 heavy (non-hydrogen) atoms. The van der Waals surface area contributed by atoms with Gasteiger partial charge in [0.05, 0.1) is 0 Å². The van der Waals surface area contributed by atoms with Gasteiger partial charge in [-0.2, -0.15) is 0 Å². The summed E-state index contributed by atoms with van der Waals surface area (Å²) in [6.45, 7) is 4.76. The van der Waals surface area contributed by atoms with Crippen molar-refractivity contribution < 1.29 is 9.53 Å². The molecule has 0 unspecified atom stereocenters. The average Bonchev–Trinajstić information content (AvgIpc) is 2.46. The summed E-state index contributed by atoms with van der Waals surface area (Å²) >= 11 is 0. The van der Waals surface area contributed by atoms with Crippen LogP contribution in [0.15, 0.2) is 24.3 Å². The van der Waals surface area contributed by atoms with Gasteiger partial charge in [0.1, 0.15) is 6.10 Å². The quantitative estimate of drug-likeness (QED) is 0.564. The van der Waals surface area contributed by atoms with Crippen molar-refractivity contribution in [3.05, 3.63) is 24.3 Å². The lowest BCUT2D eigenvalue weighted by Gasteiger charge is -2.43. The molecule has 2 heteroatoms. The number of ether oxygens (including phenoxy) is 1. The number of rotatable bonds is 3. The Bertz CT molecular complexity index is 437. The summed E-state index contributed by atoms with van der Waals surface area (Å²) in [7, 11) is 0. The number of cyclic esters (lactones) is 1. The summed E-state index contributed by atoms with van der Waals surface area (Å²) in [4.78, 5) is 11.3. The molecular formula is C19H28O2. The maximum absolute atomic E-state index is 11.3. The first kappa shape index (κ1) is 14.9. The van der Waals surface area contributed by atoms with Crippen LogP contribution in [0.25, 0.3) is 0 Å². The summed E-state index contributed by atoms with van der Waals surface area (Å²) in [5.74, 6) is 3.83. The van der Waals surface area contributed by atoms with Crippen LogP contribution in [0.1, 0.15) is 52.4 Å². The van der Waals surface area contributed by atoms with Crippen LogP contribution >= 0.6 is 0 Å². The number of esters is 1. The van der Waals surface area contributed by atoms with Gasteiger partial charge in [-0.05, 0) is 55.3 Å². The van der Waals surface area contributed by atoms with Crippen molar-refractivity contribution in [1.29, 1.82) is 0 Å². The first-order valence-corrected chi connectivity index (χ1v) is 8.69. The molecular weight excluding hydrogens is 260 g/mol. The topological polar surface area (TPSA) is 26.3 Å². The number of hydrogen-bond acceptors (Lipinski definition) is 2. The third kappa shape index (κ3) is 3.41. The molecule has 0 bridgehead atoms. The molecule has 0 aromatic heterocycles. The molecule has 3 aliphatic rings. The van der Waals surface area contributed by atoms with Gasteiger partial charge in [0.2, 0.25) is 0 Å². The Morgan fingerprint density at radius 1 is 1.19 bits per heavy atom. The van der Waals surface area contributed by atoms with Crippen LogP contribution < -0.4 is 0 Å². The molecule has 1 saturated carbocycles. The molecule has 2 nitrogen and oxygen atoms in total. The van der Waals surface area contributed by atoms with Gasteiger partial charge < -0.3 is 4.74 Å². The molecule has 0 aromatic carbocycles. The van der Waals surface area contributed by atoms with Crippen molar-refractivity contribution in [2.24, 2.45) is 29.6 Å². The number of hydrogen-bond donors (Lipinski definition) is 0. The predicted octanol–water partition coefficient (Wildman–Crippen LogP) is 4.51. The van der Waals surface area contributed by atoms with E-state index in [1.807, 2.05) is 6.08 Å². The fourth-order valence-electron chi connectivity index (χ4n) is 4.65. The lowest BCUT2D eigenvalue weighted by atomic mass is 9.62. The fraction of sp³-hybridized carbons (Fsp3) is 0.737. The Kier molecular flexibility index (Phi) is 4.51. The molecule has 0 saturated heterocycles. The van der Waals surface area contributed by atoms with Gasteiger partial charge in [0.15, 0.2) is 0 Å². The fourth-order valence-corrected chi connectivity index (χ4v) is 4.65. The minimum Gasteiger partial charge on any atom is -0.459 e. The summed E-state index contributed by atoms with van der Waals surface area (Å²) in [5.41, 5.74) is 0. The molecule has 1 fully saturated rings. The van der Waals surface area contributed by atoms with Gasteiger partial charge in [-0.3, -0.25) is 0 Å². The molecule has 2 aliphatic carbocycles. The molecule has 3 rings (SSSR count). The van der Waals surface area contributed by atoms with Crippen LogP contribution in [0.5, 0.6) is 0 Å². The van der Waals surface area contributed by atoms with E-state index in [1.165, 1.54) is 25.7 Å². The van der Waals surface area contributed by atoms with Gasteiger partial charge in [0, 0.05) is 12.5 Å². The van der Waals surface area contributed by atoms with E-state index in [4.69, 9.17) is 4.74 Å². The highest BCUT2D eigenvalue weighted by atomic mass is 16.5. The largest absolute Gasteiger partial charge is 0.459 e. The summed E-state index contributed by atoms with van der Waals surface area (Å²) in [5, 5.41) is 0. The van der Waals surface area contributed by atoms with E-state index in [9.17, 15) is 4.79 Å². The number of carbonyl (C=O) groups is 1. The van der Waals surface area contributed by atoms with E-state index in [0.717, 1.165) is 36.5 Å². The Morgan fingerprint density at radius 3 is 2.86 bits per heavy atom. The third-order valence-electron chi connectivity index (χ3n) is 5.86. The van der Waals surface area contributed by atoms with Crippen molar-refractivity contribution in [2.45, 2.75) is 58.5 Å². The lowest BCUT2D eigenvalue weighted by Crippen LogP contribution is -2.35. The second kappa shape index (κ2) is 6.37. The van der Waals surface area contributed by atoms with E-state index >= 15 is 0 Å². The highest BCUT2D eigenvalue weighted by Gasteiger charge is 2.37. The van der Waals surface area contributed by atoms with Crippen LogP contribution in [-0.4, -0.2) is 12.1 Å². The van der Waals surface area contributed by atoms with Crippen LogP contribution in [0, 0.1) is 29.6 Å². The second-order valence-corrected chi connectivity index (χ2v) is 7.43. The Hall–Kier alpha value is -1.05. The van der Waals surface area contributed by atoms with E-state index < -0.39 is 0 Å². The van der Waals surface area contributed by atoms with E-state index in [2.05, 4.69) is 26.0 Å². The van der Waals surface area contributed by atoms with E-state index in [-0.39, 0.29) is 12.1 Å². The van der Waals surface area contributed by atoms with Crippen LogP contribution in [0.3, 0.4) is 0 Å². The predicted molar refractivity (Wildman–Crippen MR) is 84.7 cm³/mol. The van der Waals surface area contributed by atoms with Gasteiger partial charge in [-0.15, -0.1) is 0 Å². The maximum Gasteiger partial charge on any atom is 0.330 e. The summed E-state index contributed by atoms with van der Waals surface area (Å²) < 4.78 is 5.42. The highest BCUT2D eigenvalue weighted by Crippen LogP contribution is 2.46. The van der Waals surface area contributed by atoms with Crippen molar-refractivity contribution in [1.82, 2.24) is 0 Å². The molecule has 1 heterocycles. The second-order valence-electron chi connectivity index (χ2n) is 7.43. The van der Waals surface area contributed by atoms with Crippen molar-refractivity contribution >= 4 is 5.97 Å². The zero-order chi connectivity index (χ0) is 14.8. The molecule has 6 atom stereocenters. The minimum atomic E-state index is -0.160. The molecule has 0 aromatic rings. The van der Waals surface area contributed by atoms with Crippen molar-refractivity contribution in [3.8, 4) is 0 Å². The zero-order valence-electron chi connectivity index (χ0n) is 13.3. The van der Waals surface area contributed by atoms with Crippen LogP contribution in [0.4, 0.5) is 0 Å². The standard InChI is InChI=1S/C19H28O2/c1-13-6-10-18-15(12-13)8-7-14(2)17(18)11-9-16-4-3-5-19(20)21-16/h3,5,7-8,13-18H,4,6,9-12H2,1-2H3/t13-,14+,15-,16+,17+,18+/m1/s1. The minimum absolute atomic E-state index is 0.113. The summed E-state index contributed by atoms with van der Waals surface area (Å²) in [6.07, 6.45) is 15.8. The Morgan fingerprint density at radius 2 is 2.05 bits per heavy atom. The smallest absolute Gasteiger partial charge is 0.330 e. The van der Waals surface area contributed by atoms with Gasteiger partial charge in [0.25, 0.3) is 0 Å². The van der Waals surface area contributed by atoms with E-state index in [0.29, 0.717) is 5.92 Å². The van der Waals surface area contributed by atoms with Gasteiger partial charge >= 0.3 is 5.97 Å². The molecule has 1 aliphatic heterocycles. The Labute approximate surface area is 128 Å². The molecule has 0 spiro atoms. The van der Waals surface area contributed by atoms with Crippen molar-refractivity contribution in [2.75, 3.05) is 0 Å². The van der Waals surface area contributed by atoms with Crippen LogP contribution in [-0.2, 0) is 9.53 Å². The van der Waals surface area contributed by atoms with E-state index in [1.54, 1.807) is 6.08 Å². The molecule has 116 valence electrons. The monoisotopic (exact) mass is 288 g/mol. The maximum atomic E-state index is 11.3. The molecule has 0 amide bonds. The third-order valence-corrected chi connectivity index (χ3v) is 5.86. The summed E-state index contributed by atoms with van der Waals surface area (Å²) in [6, 6.07) is 0. The van der Waals surface area contributed by atoms with Crippen LogP contribution in [0.2, 0.25) is 0 Å². The molecule has 0 radical (unpaired) electrons. The first-order chi connectivity index (χ1) is 10.1. The average molecular weight is 288 g/mol. The lowest BCUT2D eigenvalue weighted by molar-refractivity contribution is -0.144. The number of carbonyl (C=O) groups excluding carboxylic acids is 1. The SMILES string of the molecule is C[C@@H]1CC[C@@H]2[C@@H](CC[C@@H]3CC=CC(=O)O3)[C@@H](C)C=C[C@@H]2C1. The molecule has 0 N–H and O–H groups in total. The highest BCUT2D eigenvalue weighted by molar-refractivity contribution is 5.82. The zero-order valence-corrected chi connectivity index (χ0v) is 13.3. The van der Waals surface area contributed by atoms with Gasteiger partial charge in [-0.25, -0.2) is 4.79 Å². The normalized spacial score (nSPS) is 42.5.